The van der Waals surface area contributed by atoms with E-state index in [1.54, 1.807) is 12.4 Å². The summed E-state index contributed by atoms with van der Waals surface area (Å²) >= 11 is 0. The Bertz CT molecular complexity index is 966. The monoisotopic (exact) mass is 384 g/mol. The number of rotatable bonds is 5. The van der Waals surface area contributed by atoms with Gasteiger partial charge < -0.3 is 9.64 Å². The molecule has 29 heavy (non-hydrogen) atoms. The van der Waals surface area contributed by atoms with Crippen LogP contribution in [0.25, 0.3) is 0 Å². The molecule has 0 spiro atoms. The van der Waals surface area contributed by atoms with Crippen LogP contribution in [0.5, 0.6) is 11.5 Å². The van der Waals surface area contributed by atoms with Gasteiger partial charge in [-0.1, -0.05) is 18.2 Å². The van der Waals surface area contributed by atoms with Crippen LogP contribution in [0.2, 0.25) is 0 Å². The molecule has 0 atom stereocenters. The van der Waals surface area contributed by atoms with Gasteiger partial charge >= 0.3 is 0 Å². The molecule has 0 amide bonds. The van der Waals surface area contributed by atoms with Crippen LogP contribution < -0.4 is 9.64 Å². The Kier molecular flexibility index (Phi) is 6.04. The molecule has 1 aromatic heterocycles. The molecule has 146 valence electrons. The van der Waals surface area contributed by atoms with Crippen molar-refractivity contribution in [1.29, 1.82) is 5.26 Å². The number of aromatic nitrogens is 1. The normalized spacial score (nSPS) is 14.8. The van der Waals surface area contributed by atoms with Gasteiger partial charge in [0.05, 0.1) is 17.8 Å². The quantitative estimate of drug-likeness (QED) is 0.650. The van der Waals surface area contributed by atoms with E-state index in [1.807, 2.05) is 48.5 Å². The lowest BCUT2D eigenvalue weighted by atomic mass is 10.2. The third kappa shape index (κ3) is 4.92. The van der Waals surface area contributed by atoms with Gasteiger partial charge in [-0.15, -0.1) is 0 Å². The molecule has 0 bridgehead atoms. The summed E-state index contributed by atoms with van der Waals surface area (Å²) in [5.41, 5.74) is 3.07. The molecule has 1 aliphatic rings. The zero-order valence-electron chi connectivity index (χ0n) is 16.4. The van der Waals surface area contributed by atoms with E-state index in [-0.39, 0.29) is 0 Å². The molecule has 0 N–H and O–H groups in total. The van der Waals surface area contributed by atoms with E-state index >= 15 is 0 Å². The van der Waals surface area contributed by atoms with Crippen LogP contribution in [0, 0.1) is 11.3 Å². The molecule has 1 aliphatic heterocycles. The summed E-state index contributed by atoms with van der Waals surface area (Å²) in [5.74, 6) is 1.64. The van der Waals surface area contributed by atoms with Gasteiger partial charge in [-0.2, -0.15) is 5.26 Å². The molecule has 0 aliphatic carbocycles. The molecular formula is C24H24N4O. The molecule has 1 fully saturated rings. The number of nitrogens with zero attached hydrogens (tertiary/aromatic N) is 4. The Morgan fingerprint density at radius 2 is 1.79 bits per heavy atom. The molecule has 0 unspecified atom stereocenters. The number of hydrogen-bond acceptors (Lipinski definition) is 5. The van der Waals surface area contributed by atoms with Crippen molar-refractivity contribution in [2.75, 3.05) is 31.1 Å². The highest BCUT2D eigenvalue weighted by Gasteiger charge is 2.17. The summed E-state index contributed by atoms with van der Waals surface area (Å²) in [6, 6.07) is 22.1. The first-order valence-electron chi connectivity index (χ1n) is 9.95. The number of nitriles is 1. The van der Waals surface area contributed by atoms with Crippen LogP contribution in [0.1, 0.15) is 17.5 Å². The van der Waals surface area contributed by atoms with E-state index in [1.165, 1.54) is 11.3 Å². The summed E-state index contributed by atoms with van der Waals surface area (Å²) in [5, 5.41) is 8.99. The van der Waals surface area contributed by atoms with Crippen molar-refractivity contribution < 1.29 is 4.74 Å². The summed E-state index contributed by atoms with van der Waals surface area (Å²) in [6.07, 6.45) is 4.58. The maximum absolute atomic E-state index is 8.99. The lowest BCUT2D eigenvalue weighted by Gasteiger charge is -2.24. The van der Waals surface area contributed by atoms with Crippen molar-refractivity contribution in [2.45, 2.75) is 13.0 Å². The minimum absolute atomic E-state index is 0.704. The molecule has 5 heteroatoms. The van der Waals surface area contributed by atoms with Crippen molar-refractivity contribution in [2.24, 2.45) is 0 Å². The van der Waals surface area contributed by atoms with Crippen LogP contribution in [0.15, 0.2) is 73.1 Å². The second kappa shape index (κ2) is 9.22. The van der Waals surface area contributed by atoms with Crippen LogP contribution in [-0.2, 0) is 6.54 Å². The molecule has 5 nitrogen and oxygen atoms in total. The van der Waals surface area contributed by atoms with Crippen molar-refractivity contribution in [3.05, 3.63) is 84.2 Å². The Labute approximate surface area is 171 Å². The van der Waals surface area contributed by atoms with Gasteiger partial charge in [0.25, 0.3) is 0 Å². The van der Waals surface area contributed by atoms with Gasteiger partial charge in [-0.25, -0.2) is 0 Å². The molecule has 2 heterocycles. The summed E-state index contributed by atoms with van der Waals surface area (Å²) in [6.45, 7) is 4.89. The van der Waals surface area contributed by atoms with Crippen molar-refractivity contribution in [3.8, 4) is 17.6 Å². The Hall–Kier alpha value is -3.36. The molecule has 2 aromatic carbocycles. The fraction of sp³-hybridized carbons (Fsp3) is 0.250. The smallest absolute Gasteiger partial charge is 0.145 e. The van der Waals surface area contributed by atoms with E-state index in [4.69, 9.17) is 10.00 Å². The number of ether oxygens (including phenoxy) is 1. The maximum atomic E-state index is 8.99. The van der Waals surface area contributed by atoms with E-state index in [2.05, 4.69) is 33.0 Å². The van der Waals surface area contributed by atoms with Crippen molar-refractivity contribution >= 4 is 5.69 Å². The third-order valence-corrected chi connectivity index (χ3v) is 5.18. The number of pyridine rings is 1. The molecule has 0 saturated carbocycles. The summed E-state index contributed by atoms with van der Waals surface area (Å²) < 4.78 is 6.07. The van der Waals surface area contributed by atoms with Gasteiger partial charge in [0.15, 0.2) is 0 Å². The van der Waals surface area contributed by atoms with Crippen molar-refractivity contribution in [1.82, 2.24) is 9.88 Å². The minimum atomic E-state index is 0.704. The van der Waals surface area contributed by atoms with Crippen molar-refractivity contribution in [3.63, 3.8) is 0 Å². The molecule has 4 rings (SSSR count). The maximum Gasteiger partial charge on any atom is 0.145 e. The second-order valence-electron chi connectivity index (χ2n) is 7.17. The number of hydrogen-bond donors (Lipinski definition) is 0. The highest BCUT2D eigenvalue weighted by atomic mass is 16.5. The fourth-order valence-corrected chi connectivity index (χ4v) is 3.64. The summed E-state index contributed by atoms with van der Waals surface area (Å²) in [7, 11) is 0. The average Bonchev–Trinajstić information content (AvgIpc) is 3.01. The van der Waals surface area contributed by atoms with E-state index < -0.39 is 0 Å². The van der Waals surface area contributed by atoms with Gasteiger partial charge in [-0.05, 0) is 48.9 Å². The van der Waals surface area contributed by atoms with Gasteiger partial charge in [0.1, 0.15) is 11.5 Å². The zero-order valence-corrected chi connectivity index (χ0v) is 16.4. The third-order valence-electron chi connectivity index (χ3n) is 5.18. The molecule has 3 aromatic rings. The molecule has 0 radical (unpaired) electrons. The standard InChI is InChI=1S/C24H24N4O/c25-17-20-8-10-22(11-9-20)28-14-4-13-27(15-16-28)19-21-5-1-2-7-24(21)29-23-6-3-12-26-18-23/h1-3,5-12,18H,4,13-16,19H2. The number of para-hydroxylation sites is 1. The van der Waals surface area contributed by atoms with E-state index in [0.29, 0.717) is 5.56 Å². The topological polar surface area (TPSA) is 52.4 Å². The lowest BCUT2D eigenvalue weighted by Crippen LogP contribution is -2.30. The SMILES string of the molecule is N#Cc1ccc(N2CCCN(Cc3ccccc3Oc3cccnc3)CC2)cc1. The van der Waals surface area contributed by atoms with Crippen LogP contribution in [0.4, 0.5) is 5.69 Å². The predicted octanol–water partition coefficient (Wildman–Crippen LogP) is 4.46. The minimum Gasteiger partial charge on any atom is -0.455 e. The largest absolute Gasteiger partial charge is 0.455 e. The Morgan fingerprint density at radius 1 is 0.931 bits per heavy atom. The average molecular weight is 384 g/mol. The molecular weight excluding hydrogens is 360 g/mol. The first kappa shape index (κ1) is 19.0. The highest BCUT2D eigenvalue weighted by molar-refractivity contribution is 5.49. The first-order valence-corrected chi connectivity index (χ1v) is 9.95. The zero-order chi connectivity index (χ0) is 19.9. The van der Waals surface area contributed by atoms with Gasteiger partial charge in [0.2, 0.25) is 0 Å². The van der Waals surface area contributed by atoms with Crippen LogP contribution in [-0.4, -0.2) is 36.1 Å². The fourth-order valence-electron chi connectivity index (χ4n) is 3.64. The lowest BCUT2D eigenvalue weighted by molar-refractivity contribution is 0.281. The second-order valence-corrected chi connectivity index (χ2v) is 7.17. The van der Waals surface area contributed by atoms with Gasteiger partial charge in [0, 0.05) is 50.2 Å². The number of benzene rings is 2. The number of anilines is 1. The van der Waals surface area contributed by atoms with Gasteiger partial charge in [-0.3, -0.25) is 9.88 Å². The summed E-state index contributed by atoms with van der Waals surface area (Å²) in [4.78, 5) is 9.01. The Morgan fingerprint density at radius 3 is 2.59 bits per heavy atom. The predicted molar refractivity (Wildman–Crippen MR) is 114 cm³/mol. The molecule has 1 saturated heterocycles. The van der Waals surface area contributed by atoms with E-state index in [9.17, 15) is 0 Å². The first-order chi connectivity index (χ1) is 14.3. The highest BCUT2D eigenvalue weighted by Crippen LogP contribution is 2.26. The van der Waals surface area contributed by atoms with E-state index in [0.717, 1.165) is 50.6 Å². The van der Waals surface area contributed by atoms with Crippen LogP contribution >= 0.6 is 0 Å². The Balaban J connectivity index is 1.41. The van der Waals surface area contributed by atoms with Crippen LogP contribution in [0.3, 0.4) is 0 Å².